The van der Waals surface area contributed by atoms with Gasteiger partial charge >= 0.3 is 6.09 Å². The molecule has 0 aliphatic rings. The van der Waals surface area contributed by atoms with E-state index in [4.69, 9.17) is 4.74 Å². The van der Waals surface area contributed by atoms with Crippen molar-refractivity contribution in [1.29, 1.82) is 0 Å². The van der Waals surface area contributed by atoms with Crippen molar-refractivity contribution in [2.75, 3.05) is 23.9 Å². The Kier molecular flexibility index (Phi) is 11.3. The zero-order valence-electron chi connectivity index (χ0n) is 22.2. The average molecular weight is 514 g/mol. The molecule has 0 spiro atoms. The number of nitrogens with zero attached hydrogens (tertiary/aromatic N) is 1. The molecule has 2 aromatic carbocycles. The van der Waals surface area contributed by atoms with Crippen LogP contribution in [0.15, 0.2) is 54.6 Å². The van der Waals surface area contributed by atoms with Crippen LogP contribution in [0.25, 0.3) is 0 Å². The number of amides is 3. The highest BCUT2D eigenvalue weighted by Gasteiger charge is 2.35. The summed E-state index contributed by atoms with van der Waals surface area (Å²) in [5.41, 5.74) is 1.63. The smallest absolute Gasteiger partial charge is 0.408 e. The van der Waals surface area contributed by atoms with E-state index in [1.807, 2.05) is 74.7 Å². The lowest BCUT2D eigenvalue weighted by Gasteiger charge is -2.34. The van der Waals surface area contributed by atoms with Crippen LogP contribution in [0.2, 0.25) is 0 Å². The number of hydrogen-bond acceptors (Lipinski definition) is 5. The summed E-state index contributed by atoms with van der Waals surface area (Å²) in [7, 11) is 0. The van der Waals surface area contributed by atoms with Crippen LogP contribution in [0.1, 0.15) is 57.7 Å². The second kappa shape index (κ2) is 13.9. The Bertz CT molecular complexity index is 1010. The van der Waals surface area contributed by atoms with Gasteiger partial charge in [-0.05, 0) is 69.7 Å². The number of anilines is 1. The monoisotopic (exact) mass is 513 g/mol. The van der Waals surface area contributed by atoms with Crippen LogP contribution in [-0.4, -0.2) is 53.0 Å². The van der Waals surface area contributed by atoms with Gasteiger partial charge in [-0.1, -0.05) is 55.5 Å². The average Bonchev–Trinajstić information content (AvgIpc) is 2.82. The van der Waals surface area contributed by atoms with E-state index >= 15 is 0 Å². The molecule has 0 heterocycles. The number of alkyl carbamates (subject to hydrolysis) is 1. The van der Waals surface area contributed by atoms with E-state index in [2.05, 4.69) is 10.6 Å². The summed E-state index contributed by atoms with van der Waals surface area (Å²) in [6.45, 7) is 9.55. The first kappa shape index (κ1) is 29.2. The quantitative estimate of drug-likeness (QED) is 0.411. The van der Waals surface area contributed by atoms with Crippen molar-refractivity contribution >= 4 is 35.4 Å². The van der Waals surface area contributed by atoms with Gasteiger partial charge in [-0.2, -0.15) is 11.8 Å². The molecule has 2 aromatic rings. The minimum absolute atomic E-state index is 0.307. The van der Waals surface area contributed by atoms with Gasteiger partial charge in [0.25, 0.3) is 5.91 Å². The molecule has 0 saturated carbocycles. The van der Waals surface area contributed by atoms with Crippen LogP contribution < -0.4 is 10.6 Å². The molecule has 0 fully saturated rings. The molecule has 0 aromatic heterocycles. The van der Waals surface area contributed by atoms with Crippen LogP contribution in [0.3, 0.4) is 0 Å². The zero-order valence-corrected chi connectivity index (χ0v) is 23.0. The predicted molar refractivity (Wildman–Crippen MR) is 147 cm³/mol. The Morgan fingerprint density at radius 3 is 2.25 bits per heavy atom. The van der Waals surface area contributed by atoms with Crippen molar-refractivity contribution in [2.45, 2.75) is 65.1 Å². The molecular formula is C28H39N3O4S. The number of para-hydroxylation sites is 1. The molecule has 7 nitrogen and oxygen atoms in total. The van der Waals surface area contributed by atoms with Crippen molar-refractivity contribution in [3.8, 4) is 0 Å². The van der Waals surface area contributed by atoms with E-state index in [-0.39, 0.29) is 11.8 Å². The van der Waals surface area contributed by atoms with Gasteiger partial charge in [0.05, 0.1) is 0 Å². The number of thioether (sulfide) groups is 1. The zero-order chi connectivity index (χ0) is 26.7. The van der Waals surface area contributed by atoms with E-state index in [0.29, 0.717) is 36.4 Å². The van der Waals surface area contributed by atoms with Crippen molar-refractivity contribution in [1.82, 2.24) is 10.2 Å². The number of nitrogens with one attached hydrogen (secondary N) is 2. The fourth-order valence-corrected chi connectivity index (χ4v) is 4.24. The highest BCUT2D eigenvalue weighted by molar-refractivity contribution is 7.98. The maximum Gasteiger partial charge on any atom is 0.408 e. The summed E-state index contributed by atoms with van der Waals surface area (Å²) < 4.78 is 5.42. The molecule has 2 atom stereocenters. The highest BCUT2D eigenvalue weighted by Crippen LogP contribution is 2.26. The van der Waals surface area contributed by atoms with Crippen molar-refractivity contribution in [2.24, 2.45) is 0 Å². The Labute approximate surface area is 219 Å². The number of rotatable bonds is 11. The minimum atomic E-state index is -0.865. The SMILES string of the molecule is CCCN(C(=O)C(CCSC)NC(=O)OC(C)(C)C)C(C(=O)Nc1ccccc1C)c1ccccc1. The lowest BCUT2D eigenvalue weighted by atomic mass is 10.0. The number of benzene rings is 2. The highest BCUT2D eigenvalue weighted by atomic mass is 32.2. The summed E-state index contributed by atoms with van der Waals surface area (Å²) in [6.07, 6.45) is 2.36. The molecule has 8 heteroatoms. The van der Waals surface area contributed by atoms with Crippen molar-refractivity contribution < 1.29 is 19.1 Å². The van der Waals surface area contributed by atoms with E-state index in [1.54, 1.807) is 37.4 Å². The lowest BCUT2D eigenvalue weighted by molar-refractivity contribution is -0.140. The first-order valence-electron chi connectivity index (χ1n) is 12.3. The molecule has 0 saturated heterocycles. The van der Waals surface area contributed by atoms with Gasteiger partial charge in [-0.15, -0.1) is 0 Å². The van der Waals surface area contributed by atoms with Crippen LogP contribution >= 0.6 is 11.8 Å². The fourth-order valence-electron chi connectivity index (χ4n) is 3.77. The normalized spacial score (nSPS) is 12.8. The third-order valence-corrected chi connectivity index (χ3v) is 6.07. The van der Waals surface area contributed by atoms with Gasteiger partial charge in [-0.3, -0.25) is 9.59 Å². The molecule has 0 radical (unpaired) electrons. The minimum Gasteiger partial charge on any atom is -0.444 e. The standard InChI is InChI=1S/C28H39N3O4S/c1-7-18-31(26(33)23(17-19-36-6)30-27(34)35-28(3,4)5)24(21-14-9-8-10-15-21)25(32)29-22-16-12-11-13-20(22)2/h8-16,23-24H,7,17-19H2,1-6H3,(H,29,32)(H,30,34). The van der Waals surface area contributed by atoms with Crippen molar-refractivity contribution in [3.63, 3.8) is 0 Å². The van der Waals surface area contributed by atoms with Crippen LogP contribution in [-0.2, 0) is 14.3 Å². The van der Waals surface area contributed by atoms with E-state index in [0.717, 1.165) is 5.56 Å². The largest absolute Gasteiger partial charge is 0.444 e. The van der Waals surface area contributed by atoms with Crippen LogP contribution in [0, 0.1) is 6.92 Å². The molecule has 0 aliphatic carbocycles. The summed E-state index contributed by atoms with van der Waals surface area (Å²) in [4.78, 5) is 41.8. The van der Waals surface area contributed by atoms with Gasteiger partial charge in [0.1, 0.15) is 17.7 Å². The Balaban J connectivity index is 2.43. The predicted octanol–water partition coefficient (Wildman–Crippen LogP) is 5.56. The first-order chi connectivity index (χ1) is 17.1. The molecule has 0 aliphatic heterocycles. The van der Waals surface area contributed by atoms with E-state index in [9.17, 15) is 14.4 Å². The summed E-state index contributed by atoms with van der Waals surface area (Å²) in [5, 5.41) is 5.76. The Morgan fingerprint density at radius 2 is 1.67 bits per heavy atom. The molecular weight excluding hydrogens is 474 g/mol. The fraction of sp³-hybridized carbons (Fsp3) is 0.464. The molecule has 196 valence electrons. The molecule has 2 rings (SSSR count). The molecule has 2 N–H and O–H groups in total. The number of ether oxygens (including phenoxy) is 1. The van der Waals surface area contributed by atoms with Crippen LogP contribution in [0.5, 0.6) is 0 Å². The van der Waals surface area contributed by atoms with Gasteiger partial charge in [0.15, 0.2) is 0 Å². The Hall–Kier alpha value is -3.00. The maximum absolute atomic E-state index is 13.9. The summed E-state index contributed by atoms with van der Waals surface area (Å²) in [6, 6.07) is 15.1. The molecule has 2 unspecified atom stereocenters. The second-order valence-corrected chi connectivity index (χ2v) is 10.6. The molecule has 0 bridgehead atoms. The van der Waals surface area contributed by atoms with Gasteiger partial charge in [0, 0.05) is 12.2 Å². The Morgan fingerprint density at radius 1 is 1.03 bits per heavy atom. The second-order valence-electron chi connectivity index (χ2n) is 9.63. The number of carbonyl (C=O) groups is 3. The summed E-state index contributed by atoms with van der Waals surface area (Å²) >= 11 is 1.58. The van der Waals surface area contributed by atoms with Crippen LogP contribution in [0.4, 0.5) is 10.5 Å². The first-order valence-corrected chi connectivity index (χ1v) is 13.7. The third kappa shape index (κ3) is 8.90. The lowest BCUT2D eigenvalue weighted by Crippen LogP contribution is -2.52. The number of carbonyl (C=O) groups excluding carboxylic acids is 3. The van der Waals surface area contributed by atoms with Crippen molar-refractivity contribution in [3.05, 3.63) is 65.7 Å². The molecule has 36 heavy (non-hydrogen) atoms. The number of hydrogen-bond donors (Lipinski definition) is 2. The van der Waals surface area contributed by atoms with E-state index in [1.165, 1.54) is 0 Å². The molecule has 3 amide bonds. The van der Waals surface area contributed by atoms with Gasteiger partial charge in [0.2, 0.25) is 5.91 Å². The van der Waals surface area contributed by atoms with Gasteiger partial charge in [-0.25, -0.2) is 4.79 Å². The third-order valence-electron chi connectivity index (χ3n) is 5.43. The van der Waals surface area contributed by atoms with Gasteiger partial charge < -0.3 is 20.3 Å². The maximum atomic E-state index is 13.9. The van der Waals surface area contributed by atoms with E-state index < -0.39 is 23.8 Å². The number of aryl methyl sites for hydroxylation is 1. The topological polar surface area (TPSA) is 87.7 Å². The summed E-state index contributed by atoms with van der Waals surface area (Å²) in [5.74, 6) is 0.0427.